The van der Waals surface area contributed by atoms with Crippen molar-refractivity contribution in [1.82, 2.24) is 5.32 Å². The van der Waals surface area contributed by atoms with E-state index in [1.165, 1.54) is 13.4 Å². The van der Waals surface area contributed by atoms with E-state index in [0.29, 0.717) is 12.5 Å². The zero-order valence-electron chi connectivity index (χ0n) is 9.81. The first-order chi connectivity index (χ1) is 8.20. The molecular weight excluding hydrogens is 222 g/mol. The minimum atomic E-state index is -0.453. The molecular formula is C12H17NO4. The van der Waals surface area contributed by atoms with Gasteiger partial charge in [0, 0.05) is 12.1 Å². The molecule has 0 aliphatic heterocycles. The second-order valence-corrected chi connectivity index (χ2v) is 4.39. The Labute approximate surface area is 99.8 Å². The maximum atomic E-state index is 11.3. The van der Waals surface area contributed by atoms with Crippen LogP contribution in [0.5, 0.6) is 0 Å². The van der Waals surface area contributed by atoms with Gasteiger partial charge in [-0.15, -0.1) is 0 Å². The van der Waals surface area contributed by atoms with E-state index in [9.17, 15) is 4.79 Å². The molecule has 1 aromatic rings. The number of furan rings is 1. The predicted molar refractivity (Wildman–Crippen MR) is 60.5 cm³/mol. The molecule has 0 saturated heterocycles. The molecule has 17 heavy (non-hydrogen) atoms. The Bertz CT molecular complexity index is 382. The number of methoxy groups -OCH3 is 1. The Morgan fingerprint density at radius 3 is 3.06 bits per heavy atom. The highest BCUT2D eigenvalue weighted by atomic mass is 16.5. The van der Waals surface area contributed by atoms with E-state index in [2.05, 4.69) is 10.1 Å². The first kappa shape index (κ1) is 12.1. The fraction of sp³-hybridized carbons (Fsp3) is 0.583. The number of hydrogen-bond donors (Lipinski definition) is 2. The van der Waals surface area contributed by atoms with Gasteiger partial charge in [-0.3, -0.25) is 0 Å². The maximum Gasteiger partial charge on any atom is 0.374 e. The molecule has 0 amide bonds. The Morgan fingerprint density at radius 1 is 1.65 bits per heavy atom. The normalized spacial score (nSPS) is 23.2. The van der Waals surface area contributed by atoms with Gasteiger partial charge in [0.05, 0.1) is 19.5 Å². The van der Waals surface area contributed by atoms with Gasteiger partial charge in [-0.25, -0.2) is 4.79 Å². The molecule has 1 aliphatic carbocycles. The Balaban J connectivity index is 1.78. The molecule has 2 N–H and O–H groups in total. The van der Waals surface area contributed by atoms with Gasteiger partial charge in [0.1, 0.15) is 0 Å². The van der Waals surface area contributed by atoms with Crippen LogP contribution in [0.3, 0.4) is 0 Å². The van der Waals surface area contributed by atoms with Crippen molar-refractivity contribution >= 4 is 5.97 Å². The minimum Gasteiger partial charge on any atom is -0.463 e. The van der Waals surface area contributed by atoms with Gasteiger partial charge in [-0.2, -0.15) is 0 Å². The fourth-order valence-corrected chi connectivity index (χ4v) is 2.02. The van der Waals surface area contributed by atoms with E-state index < -0.39 is 5.97 Å². The van der Waals surface area contributed by atoms with E-state index in [-0.39, 0.29) is 11.9 Å². The highest BCUT2D eigenvalue weighted by Crippen LogP contribution is 2.26. The smallest absolute Gasteiger partial charge is 0.374 e. The van der Waals surface area contributed by atoms with Crippen LogP contribution in [0.1, 0.15) is 29.0 Å². The van der Waals surface area contributed by atoms with Crippen molar-refractivity contribution in [3.05, 3.63) is 23.7 Å². The molecule has 5 heteroatoms. The van der Waals surface area contributed by atoms with Crippen LogP contribution >= 0.6 is 0 Å². The zero-order valence-corrected chi connectivity index (χ0v) is 9.81. The van der Waals surface area contributed by atoms with Crippen LogP contribution in [-0.4, -0.2) is 30.8 Å². The monoisotopic (exact) mass is 239 g/mol. The van der Waals surface area contributed by atoms with Crippen molar-refractivity contribution in [2.75, 3.05) is 13.7 Å². The molecule has 0 aromatic carbocycles. The summed E-state index contributed by atoms with van der Waals surface area (Å²) in [6.45, 7) is 1.43. The highest BCUT2D eigenvalue weighted by Gasteiger charge is 2.26. The summed E-state index contributed by atoms with van der Waals surface area (Å²) in [6.07, 6.45) is 3.09. The van der Waals surface area contributed by atoms with E-state index in [0.717, 1.165) is 24.9 Å². The number of nitrogens with one attached hydrogen (secondary N) is 1. The lowest BCUT2D eigenvalue weighted by Crippen LogP contribution is -2.36. The molecule has 1 aromatic heterocycles. The first-order valence-corrected chi connectivity index (χ1v) is 5.74. The van der Waals surface area contributed by atoms with Crippen LogP contribution in [0.2, 0.25) is 0 Å². The second-order valence-electron chi connectivity index (χ2n) is 4.39. The summed E-state index contributed by atoms with van der Waals surface area (Å²) >= 11 is 0. The number of aliphatic hydroxyl groups excluding tert-OH is 1. The molecule has 0 unspecified atom stereocenters. The molecule has 5 nitrogen and oxygen atoms in total. The van der Waals surface area contributed by atoms with Crippen LogP contribution in [0.15, 0.2) is 16.7 Å². The van der Waals surface area contributed by atoms with Gasteiger partial charge in [0.15, 0.2) is 0 Å². The van der Waals surface area contributed by atoms with Gasteiger partial charge in [0.2, 0.25) is 5.76 Å². The summed E-state index contributed by atoms with van der Waals surface area (Å²) in [5, 5.41) is 12.4. The standard InChI is InChI=1S/C12H17NO4/c1-16-12(15)11-9(2-3-17-11)7-13-6-8-4-10(14)5-8/h2-3,8,10,13-14H,4-7H2,1H3. The van der Waals surface area contributed by atoms with E-state index in [1.807, 2.05) is 0 Å². The highest BCUT2D eigenvalue weighted by molar-refractivity contribution is 5.87. The van der Waals surface area contributed by atoms with Crippen molar-refractivity contribution in [2.24, 2.45) is 5.92 Å². The quantitative estimate of drug-likeness (QED) is 0.748. The Kier molecular flexibility index (Phi) is 3.81. The molecule has 0 atom stereocenters. The molecule has 1 fully saturated rings. The Morgan fingerprint density at radius 2 is 2.41 bits per heavy atom. The van der Waals surface area contributed by atoms with E-state index in [1.54, 1.807) is 6.07 Å². The summed E-state index contributed by atoms with van der Waals surface area (Å²) in [4.78, 5) is 11.3. The predicted octanol–water partition coefficient (Wildman–Crippen LogP) is 0.927. The number of carbonyl (C=O) groups is 1. The largest absolute Gasteiger partial charge is 0.463 e. The number of hydrogen-bond acceptors (Lipinski definition) is 5. The fourth-order valence-electron chi connectivity index (χ4n) is 2.02. The van der Waals surface area contributed by atoms with Crippen LogP contribution in [-0.2, 0) is 11.3 Å². The van der Waals surface area contributed by atoms with Gasteiger partial charge in [0.25, 0.3) is 0 Å². The second kappa shape index (κ2) is 5.33. The van der Waals surface area contributed by atoms with Gasteiger partial charge in [-0.1, -0.05) is 0 Å². The van der Waals surface area contributed by atoms with Gasteiger partial charge >= 0.3 is 5.97 Å². The van der Waals surface area contributed by atoms with Gasteiger partial charge in [-0.05, 0) is 31.4 Å². The van der Waals surface area contributed by atoms with Crippen molar-refractivity contribution in [3.8, 4) is 0 Å². The number of esters is 1. The minimum absolute atomic E-state index is 0.124. The van der Waals surface area contributed by atoms with E-state index >= 15 is 0 Å². The van der Waals surface area contributed by atoms with Crippen molar-refractivity contribution in [1.29, 1.82) is 0 Å². The zero-order chi connectivity index (χ0) is 12.3. The summed E-state index contributed by atoms with van der Waals surface area (Å²) in [6, 6.07) is 1.76. The van der Waals surface area contributed by atoms with Crippen molar-refractivity contribution in [3.63, 3.8) is 0 Å². The molecule has 1 heterocycles. The average molecular weight is 239 g/mol. The van der Waals surface area contributed by atoms with Crippen LogP contribution < -0.4 is 5.32 Å². The average Bonchev–Trinajstić information content (AvgIpc) is 2.74. The lowest BCUT2D eigenvalue weighted by Gasteiger charge is -2.31. The molecule has 0 bridgehead atoms. The lowest BCUT2D eigenvalue weighted by molar-refractivity contribution is 0.0429. The Hall–Kier alpha value is -1.33. The van der Waals surface area contributed by atoms with Crippen molar-refractivity contribution < 1.29 is 19.1 Å². The summed E-state index contributed by atoms with van der Waals surface area (Å²) in [5.74, 6) is 0.345. The van der Waals surface area contributed by atoms with Gasteiger partial charge < -0.3 is 19.6 Å². The summed E-state index contributed by atoms with van der Waals surface area (Å²) in [7, 11) is 1.33. The number of ether oxygens (including phenoxy) is 1. The summed E-state index contributed by atoms with van der Waals surface area (Å²) < 4.78 is 9.69. The topological polar surface area (TPSA) is 71.7 Å². The molecule has 0 radical (unpaired) electrons. The number of rotatable bonds is 5. The molecule has 94 valence electrons. The maximum absolute atomic E-state index is 11.3. The van der Waals surface area contributed by atoms with Crippen LogP contribution in [0, 0.1) is 5.92 Å². The third-order valence-electron chi connectivity index (χ3n) is 3.08. The lowest BCUT2D eigenvalue weighted by atomic mass is 9.82. The van der Waals surface area contributed by atoms with Crippen LogP contribution in [0.25, 0.3) is 0 Å². The third-order valence-corrected chi connectivity index (χ3v) is 3.08. The third kappa shape index (κ3) is 2.87. The SMILES string of the molecule is COC(=O)c1occc1CNCC1CC(O)C1. The number of aliphatic hydroxyl groups is 1. The molecule has 2 rings (SSSR count). The van der Waals surface area contributed by atoms with Crippen LogP contribution in [0.4, 0.5) is 0 Å². The van der Waals surface area contributed by atoms with E-state index in [4.69, 9.17) is 9.52 Å². The summed E-state index contributed by atoms with van der Waals surface area (Å²) in [5.41, 5.74) is 0.803. The number of carbonyl (C=O) groups excluding carboxylic acids is 1. The molecule has 0 spiro atoms. The first-order valence-electron chi connectivity index (χ1n) is 5.74. The van der Waals surface area contributed by atoms with Crippen molar-refractivity contribution in [2.45, 2.75) is 25.5 Å². The molecule has 1 saturated carbocycles. The molecule has 1 aliphatic rings.